The van der Waals surface area contributed by atoms with Crippen LogP contribution in [0, 0.1) is 6.92 Å². The summed E-state index contributed by atoms with van der Waals surface area (Å²) in [5, 5.41) is 4.32. The molecule has 0 amide bonds. The molecule has 0 spiro atoms. The number of carbonyl (C=O) groups excluding carboxylic acids is 1. The van der Waals surface area contributed by atoms with Crippen LogP contribution in [0.1, 0.15) is 16.1 Å². The zero-order chi connectivity index (χ0) is 17.9. The monoisotopic (exact) mass is 355 g/mol. The number of sulfonamides is 1. The number of benzene rings is 2. The number of hydrogen-bond donors (Lipinski definition) is 1. The summed E-state index contributed by atoms with van der Waals surface area (Å²) < 4.78 is 28.3. The first kappa shape index (κ1) is 17.1. The lowest BCUT2D eigenvalue weighted by atomic mass is 10.2. The van der Waals surface area contributed by atoms with Gasteiger partial charge in [-0.15, -0.1) is 0 Å². The van der Waals surface area contributed by atoms with Gasteiger partial charge in [-0.05, 0) is 31.2 Å². The highest BCUT2D eigenvalue weighted by Crippen LogP contribution is 2.13. The van der Waals surface area contributed by atoms with Crippen LogP contribution in [0.4, 0.5) is 0 Å². The molecule has 128 valence electrons. The van der Waals surface area contributed by atoms with Gasteiger partial charge in [0.15, 0.2) is 5.78 Å². The Balaban J connectivity index is 1.75. The van der Waals surface area contributed by atoms with Crippen LogP contribution >= 0.6 is 0 Å². The van der Waals surface area contributed by atoms with Crippen LogP contribution in [0.3, 0.4) is 0 Å². The lowest BCUT2D eigenvalue weighted by Crippen LogP contribution is -2.29. The van der Waals surface area contributed by atoms with E-state index in [0.29, 0.717) is 11.3 Å². The standard InChI is InChI=1S/C18H17N3O3S/c1-14-17(13-21(20-14)15-8-4-2-5-9-15)18(22)12-19-25(23,24)16-10-6-3-7-11-16/h2-11,13,19H,12H2,1H3. The van der Waals surface area contributed by atoms with Gasteiger partial charge in [-0.3, -0.25) is 4.79 Å². The Hall–Kier alpha value is -2.77. The first-order valence-electron chi connectivity index (χ1n) is 7.67. The molecule has 7 heteroatoms. The van der Waals surface area contributed by atoms with Crippen LogP contribution in [0.2, 0.25) is 0 Å². The van der Waals surface area contributed by atoms with Crippen LogP contribution in [0.15, 0.2) is 71.8 Å². The van der Waals surface area contributed by atoms with Crippen LogP contribution in [-0.2, 0) is 10.0 Å². The number of hydrogen-bond acceptors (Lipinski definition) is 4. The molecule has 0 radical (unpaired) electrons. The summed E-state index contributed by atoms with van der Waals surface area (Å²) in [6.07, 6.45) is 1.61. The molecule has 0 aliphatic heterocycles. The molecule has 1 heterocycles. The lowest BCUT2D eigenvalue weighted by Gasteiger charge is -2.05. The molecule has 1 N–H and O–H groups in total. The first-order valence-corrected chi connectivity index (χ1v) is 9.15. The maximum atomic E-state index is 12.4. The fourth-order valence-electron chi connectivity index (χ4n) is 2.39. The van der Waals surface area contributed by atoms with Crippen molar-refractivity contribution in [1.29, 1.82) is 0 Å². The van der Waals surface area contributed by atoms with Crippen molar-refractivity contribution in [3.05, 3.63) is 78.1 Å². The molecule has 0 aliphatic carbocycles. The van der Waals surface area contributed by atoms with Gasteiger partial charge < -0.3 is 0 Å². The summed E-state index contributed by atoms with van der Waals surface area (Å²) in [5.74, 6) is -0.334. The largest absolute Gasteiger partial charge is 0.293 e. The summed E-state index contributed by atoms with van der Waals surface area (Å²) in [6, 6.07) is 17.3. The van der Waals surface area contributed by atoms with Crippen molar-refractivity contribution in [2.45, 2.75) is 11.8 Å². The summed E-state index contributed by atoms with van der Waals surface area (Å²) in [7, 11) is -3.72. The van der Waals surface area contributed by atoms with E-state index in [-0.39, 0.29) is 17.2 Å². The van der Waals surface area contributed by atoms with Crippen molar-refractivity contribution in [1.82, 2.24) is 14.5 Å². The number of aryl methyl sites for hydroxylation is 1. The number of nitrogens with zero attached hydrogens (tertiary/aromatic N) is 2. The highest BCUT2D eigenvalue weighted by Gasteiger charge is 2.18. The molecule has 25 heavy (non-hydrogen) atoms. The van der Waals surface area contributed by atoms with E-state index in [1.807, 2.05) is 30.3 Å². The smallest absolute Gasteiger partial charge is 0.240 e. The predicted octanol–water partition coefficient (Wildman–Crippen LogP) is 2.34. The molecule has 3 rings (SSSR count). The molecule has 2 aromatic carbocycles. The van der Waals surface area contributed by atoms with E-state index in [1.165, 1.54) is 12.1 Å². The fourth-order valence-corrected chi connectivity index (χ4v) is 3.39. The number of carbonyl (C=O) groups is 1. The molecule has 0 aliphatic rings. The number of ketones is 1. The quantitative estimate of drug-likeness (QED) is 0.688. The Morgan fingerprint density at radius 1 is 1.04 bits per heavy atom. The molecule has 0 unspecified atom stereocenters. The van der Waals surface area contributed by atoms with Crippen molar-refractivity contribution < 1.29 is 13.2 Å². The summed E-state index contributed by atoms with van der Waals surface area (Å²) in [5.41, 5.74) is 1.77. The fraction of sp³-hybridized carbons (Fsp3) is 0.111. The van der Waals surface area contributed by atoms with E-state index in [9.17, 15) is 13.2 Å². The minimum Gasteiger partial charge on any atom is -0.293 e. The minimum atomic E-state index is -3.72. The first-order chi connectivity index (χ1) is 12.0. The normalized spacial score (nSPS) is 11.4. The molecule has 6 nitrogen and oxygen atoms in total. The molecule has 0 fully saturated rings. The Morgan fingerprint density at radius 3 is 2.28 bits per heavy atom. The third-order valence-electron chi connectivity index (χ3n) is 3.70. The number of para-hydroxylation sites is 1. The van der Waals surface area contributed by atoms with Gasteiger partial charge in [0, 0.05) is 6.20 Å². The summed E-state index contributed by atoms with van der Waals surface area (Å²) in [6.45, 7) is 1.40. The maximum Gasteiger partial charge on any atom is 0.240 e. The van der Waals surface area contributed by atoms with Crippen molar-refractivity contribution in [3.63, 3.8) is 0 Å². The Bertz CT molecular complexity index is 981. The van der Waals surface area contributed by atoms with E-state index < -0.39 is 10.0 Å². The van der Waals surface area contributed by atoms with Crippen LogP contribution in [0.25, 0.3) is 5.69 Å². The van der Waals surface area contributed by atoms with E-state index in [2.05, 4.69) is 9.82 Å². The molecule has 0 saturated carbocycles. The molecular formula is C18H17N3O3S. The van der Waals surface area contributed by atoms with Crippen molar-refractivity contribution >= 4 is 15.8 Å². The van der Waals surface area contributed by atoms with Gasteiger partial charge in [-0.25, -0.2) is 17.8 Å². The predicted molar refractivity (Wildman–Crippen MR) is 94.3 cm³/mol. The van der Waals surface area contributed by atoms with Crippen molar-refractivity contribution in [2.75, 3.05) is 6.54 Å². The van der Waals surface area contributed by atoms with Gasteiger partial charge in [-0.1, -0.05) is 36.4 Å². The molecule has 0 atom stereocenters. The molecule has 3 aromatic rings. The second-order valence-corrected chi connectivity index (χ2v) is 7.24. The Morgan fingerprint density at radius 2 is 1.64 bits per heavy atom. The van der Waals surface area contributed by atoms with E-state index >= 15 is 0 Å². The molecule has 1 aromatic heterocycles. The zero-order valence-corrected chi connectivity index (χ0v) is 14.4. The SMILES string of the molecule is Cc1nn(-c2ccccc2)cc1C(=O)CNS(=O)(=O)c1ccccc1. The van der Waals surface area contributed by atoms with Gasteiger partial charge in [0.05, 0.1) is 28.4 Å². The van der Waals surface area contributed by atoms with Gasteiger partial charge >= 0.3 is 0 Å². The topological polar surface area (TPSA) is 81.1 Å². The van der Waals surface area contributed by atoms with E-state index in [1.54, 1.807) is 36.0 Å². The highest BCUT2D eigenvalue weighted by molar-refractivity contribution is 7.89. The number of rotatable bonds is 6. The number of aromatic nitrogens is 2. The van der Waals surface area contributed by atoms with Crippen molar-refractivity contribution in [2.24, 2.45) is 0 Å². The van der Waals surface area contributed by atoms with Crippen LogP contribution in [0.5, 0.6) is 0 Å². The van der Waals surface area contributed by atoms with Crippen molar-refractivity contribution in [3.8, 4) is 5.69 Å². The van der Waals surface area contributed by atoms with Crippen LogP contribution in [-0.4, -0.2) is 30.5 Å². The second-order valence-electron chi connectivity index (χ2n) is 5.47. The molecular weight excluding hydrogens is 338 g/mol. The van der Waals surface area contributed by atoms with E-state index in [4.69, 9.17) is 0 Å². The Kier molecular flexibility index (Phi) is 4.78. The van der Waals surface area contributed by atoms with E-state index in [0.717, 1.165) is 5.69 Å². The number of Topliss-reactive ketones (excluding diaryl/α,β-unsaturated/α-hetero) is 1. The van der Waals surface area contributed by atoms with Gasteiger partial charge in [0.2, 0.25) is 10.0 Å². The average Bonchev–Trinajstić information content (AvgIpc) is 3.03. The zero-order valence-electron chi connectivity index (χ0n) is 13.6. The maximum absolute atomic E-state index is 12.4. The third kappa shape index (κ3) is 3.84. The van der Waals surface area contributed by atoms with Crippen LogP contribution < -0.4 is 4.72 Å². The molecule has 0 saturated heterocycles. The second kappa shape index (κ2) is 7.00. The highest BCUT2D eigenvalue weighted by atomic mass is 32.2. The van der Waals surface area contributed by atoms with Gasteiger partial charge in [0.25, 0.3) is 0 Å². The average molecular weight is 355 g/mol. The summed E-state index contributed by atoms with van der Waals surface area (Å²) in [4.78, 5) is 12.5. The minimum absolute atomic E-state index is 0.125. The number of nitrogens with one attached hydrogen (secondary N) is 1. The third-order valence-corrected chi connectivity index (χ3v) is 5.11. The Labute approximate surface area is 146 Å². The lowest BCUT2D eigenvalue weighted by molar-refractivity contribution is 0.0996. The molecule has 0 bridgehead atoms. The van der Waals surface area contributed by atoms with Gasteiger partial charge in [0.1, 0.15) is 0 Å². The van der Waals surface area contributed by atoms with Gasteiger partial charge in [-0.2, -0.15) is 5.10 Å². The summed E-state index contributed by atoms with van der Waals surface area (Å²) >= 11 is 0.